The molecule has 0 amide bonds. The van der Waals surface area contributed by atoms with E-state index in [1.54, 1.807) is 0 Å². The Bertz CT molecular complexity index is 2540. The maximum Gasteiger partial charge on any atom is 0.0894 e. The van der Waals surface area contributed by atoms with E-state index >= 15 is 0 Å². The molecule has 0 radical (unpaired) electrons. The van der Waals surface area contributed by atoms with E-state index in [9.17, 15) is 0 Å². The van der Waals surface area contributed by atoms with E-state index in [0.29, 0.717) is 0 Å². The van der Waals surface area contributed by atoms with Crippen LogP contribution in [0.25, 0.3) is 92.2 Å². The number of hydrogen-bond acceptors (Lipinski definition) is 6. The molecule has 5 aromatic heterocycles. The van der Waals surface area contributed by atoms with Gasteiger partial charge in [-0.15, -0.1) is 0 Å². The van der Waals surface area contributed by atoms with Gasteiger partial charge in [0.1, 0.15) is 0 Å². The lowest BCUT2D eigenvalue weighted by Gasteiger charge is -2.09. The Morgan fingerprint density at radius 2 is 0.519 bits per heavy atom. The highest BCUT2D eigenvalue weighted by molar-refractivity contribution is 5.95. The summed E-state index contributed by atoms with van der Waals surface area (Å²) < 4.78 is 0. The SMILES string of the molecule is C(=Cc1cccc2ncccc12)c1nc(C=Cc2cccc3ncccc23)c(C=Cc2cccc3ncccc23)nc1C=Cc1cccc2ncccc12. The predicted molar refractivity (Wildman–Crippen MR) is 225 cm³/mol. The molecule has 5 heterocycles. The Labute approximate surface area is 312 Å². The fraction of sp³-hybridized carbons (Fsp3) is 0. The molecule has 0 aliphatic heterocycles. The molecular weight excluding hydrogens is 661 g/mol. The van der Waals surface area contributed by atoms with Crippen molar-refractivity contribution < 1.29 is 0 Å². The van der Waals surface area contributed by atoms with Crippen molar-refractivity contribution in [3.8, 4) is 0 Å². The largest absolute Gasteiger partial charge is 0.256 e. The molecule has 6 heteroatoms. The molecule has 0 atom stereocenters. The number of benzene rings is 4. The molecular formula is C48H32N6. The van der Waals surface area contributed by atoms with Gasteiger partial charge >= 0.3 is 0 Å². The average molecular weight is 693 g/mol. The van der Waals surface area contributed by atoms with Crippen LogP contribution in [0.3, 0.4) is 0 Å². The Kier molecular flexibility index (Phi) is 8.81. The second-order valence-electron chi connectivity index (χ2n) is 12.8. The highest BCUT2D eigenvalue weighted by atomic mass is 14.8. The summed E-state index contributed by atoms with van der Waals surface area (Å²) in [5.74, 6) is 0. The number of fused-ring (bicyclic) bond motifs is 4. The summed E-state index contributed by atoms with van der Waals surface area (Å²) in [7, 11) is 0. The minimum atomic E-state index is 0.733. The van der Waals surface area contributed by atoms with Crippen LogP contribution in [0.5, 0.6) is 0 Å². The summed E-state index contributed by atoms with van der Waals surface area (Å²) in [6, 6.07) is 40.8. The molecule has 0 N–H and O–H groups in total. The van der Waals surface area contributed by atoms with Gasteiger partial charge in [0, 0.05) is 46.3 Å². The van der Waals surface area contributed by atoms with Gasteiger partial charge in [-0.2, -0.15) is 0 Å². The Morgan fingerprint density at radius 3 is 0.778 bits per heavy atom. The highest BCUT2D eigenvalue weighted by Crippen LogP contribution is 2.26. The van der Waals surface area contributed by atoms with Crippen molar-refractivity contribution >= 4 is 92.2 Å². The molecule has 0 saturated heterocycles. The average Bonchev–Trinajstić information content (AvgIpc) is 3.23. The summed E-state index contributed by atoms with van der Waals surface area (Å²) in [6.07, 6.45) is 23.8. The first-order valence-electron chi connectivity index (χ1n) is 17.8. The van der Waals surface area contributed by atoms with Crippen molar-refractivity contribution in [2.24, 2.45) is 0 Å². The van der Waals surface area contributed by atoms with Crippen LogP contribution < -0.4 is 0 Å². The quantitative estimate of drug-likeness (QED) is 0.158. The fourth-order valence-electron chi connectivity index (χ4n) is 6.74. The van der Waals surface area contributed by atoms with Gasteiger partial charge in [-0.25, -0.2) is 9.97 Å². The van der Waals surface area contributed by atoms with Gasteiger partial charge in [-0.05, 0) is 95.1 Å². The molecule has 0 fully saturated rings. The van der Waals surface area contributed by atoms with Gasteiger partial charge in [0.25, 0.3) is 0 Å². The number of rotatable bonds is 8. The van der Waals surface area contributed by atoms with Crippen molar-refractivity contribution in [3.05, 3.63) is 191 Å². The minimum Gasteiger partial charge on any atom is -0.256 e. The zero-order chi connectivity index (χ0) is 36.1. The van der Waals surface area contributed by atoms with Crippen molar-refractivity contribution in [1.82, 2.24) is 29.9 Å². The van der Waals surface area contributed by atoms with Crippen molar-refractivity contribution in [2.75, 3.05) is 0 Å². The predicted octanol–water partition coefficient (Wildman–Crippen LogP) is 11.4. The molecule has 4 aromatic carbocycles. The molecule has 54 heavy (non-hydrogen) atoms. The van der Waals surface area contributed by atoms with Crippen LogP contribution in [0.4, 0.5) is 0 Å². The molecule has 9 aromatic rings. The van der Waals surface area contributed by atoms with Crippen molar-refractivity contribution in [2.45, 2.75) is 0 Å². The second-order valence-corrected chi connectivity index (χ2v) is 12.8. The molecule has 0 unspecified atom stereocenters. The van der Waals surface area contributed by atoms with Crippen LogP contribution in [0.1, 0.15) is 45.0 Å². The molecule has 0 saturated carbocycles. The molecule has 0 bridgehead atoms. The van der Waals surface area contributed by atoms with Crippen LogP contribution in [0.2, 0.25) is 0 Å². The minimum absolute atomic E-state index is 0.733. The second kappa shape index (κ2) is 14.7. The number of hydrogen-bond donors (Lipinski definition) is 0. The van der Waals surface area contributed by atoms with Gasteiger partial charge in [-0.1, -0.05) is 97.1 Å². The lowest BCUT2D eigenvalue weighted by atomic mass is 10.0. The summed E-state index contributed by atoms with van der Waals surface area (Å²) in [5.41, 5.74) is 10.9. The van der Waals surface area contributed by atoms with Crippen LogP contribution in [-0.2, 0) is 0 Å². The smallest absolute Gasteiger partial charge is 0.0894 e. The van der Waals surface area contributed by atoms with Crippen LogP contribution in [-0.4, -0.2) is 29.9 Å². The Hall–Kier alpha value is -7.44. The van der Waals surface area contributed by atoms with E-state index in [1.807, 2.05) is 122 Å². The molecule has 0 aliphatic rings. The molecule has 9 rings (SSSR count). The third kappa shape index (κ3) is 6.67. The summed E-state index contributed by atoms with van der Waals surface area (Å²) >= 11 is 0. The molecule has 254 valence electrons. The van der Waals surface area contributed by atoms with Gasteiger partial charge in [0.05, 0.1) is 44.8 Å². The highest BCUT2D eigenvalue weighted by Gasteiger charge is 2.10. The van der Waals surface area contributed by atoms with Crippen molar-refractivity contribution in [3.63, 3.8) is 0 Å². The van der Waals surface area contributed by atoms with E-state index in [0.717, 1.165) is 88.6 Å². The summed E-state index contributed by atoms with van der Waals surface area (Å²) in [6.45, 7) is 0. The first-order chi connectivity index (χ1) is 26.8. The van der Waals surface area contributed by atoms with E-state index in [-0.39, 0.29) is 0 Å². The van der Waals surface area contributed by atoms with Gasteiger partial charge < -0.3 is 0 Å². The Morgan fingerprint density at radius 1 is 0.259 bits per heavy atom. The zero-order valence-electron chi connectivity index (χ0n) is 29.2. The first-order valence-corrected chi connectivity index (χ1v) is 17.8. The summed E-state index contributed by atoms with van der Waals surface area (Å²) in [4.78, 5) is 28.9. The van der Waals surface area contributed by atoms with E-state index in [1.165, 1.54) is 0 Å². The monoisotopic (exact) mass is 692 g/mol. The molecule has 0 spiro atoms. The van der Waals surface area contributed by atoms with Crippen LogP contribution in [0.15, 0.2) is 146 Å². The van der Waals surface area contributed by atoms with Crippen LogP contribution >= 0.6 is 0 Å². The van der Waals surface area contributed by atoms with Gasteiger partial charge in [0.2, 0.25) is 0 Å². The topological polar surface area (TPSA) is 77.3 Å². The molecule has 6 nitrogen and oxygen atoms in total. The maximum absolute atomic E-state index is 5.32. The standard InChI is InChI=1S/C48H32N6/c1-9-33(37-13-5-29-49-41(37)17-1)21-25-45-46(26-22-34-10-2-18-42-38(34)14-6-30-50-42)54-48(28-24-36-12-4-20-44-40(36)16-8-32-52-44)47(53-45)27-23-35-11-3-19-43-39(35)15-7-31-51-43/h1-32H. The third-order valence-corrected chi connectivity index (χ3v) is 9.41. The lowest BCUT2D eigenvalue weighted by molar-refractivity contribution is 1.12. The third-order valence-electron chi connectivity index (χ3n) is 9.41. The van der Waals surface area contributed by atoms with Crippen LogP contribution in [0, 0.1) is 0 Å². The summed E-state index contributed by atoms with van der Waals surface area (Å²) in [5, 5.41) is 4.27. The maximum atomic E-state index is 5.32. The normalized spacial score (nSPS) is 12.1. The number of aromatic nitrogens is 6. The number of pyridine rings is 4. The van der Waals surface area contributed by atoms with Crippen molar-refractivity contribution in [1.29, 1.82) is 0 Å². The zero-order valence-corrected chi connectivity index (χ0v) is 29.2. The van der Waals surface area contributed by atoms with E-state index < -0.39 is 0 Å². The molecule has 0 aliphatic carbocycles. The first kappa shape index (κ1) is 32.5. The van der Waals surface area contributed by atoms with E-state index in [4.69, 9.17) is 9.97 Å². The fourth-order valence-corrected chi connectivity index (χ4v) is 6.74. The van der Waals surface area contributed by atoms with Gasteiger partial charge in [-0.3, -0.25) is 19.9 Å². The number of nitrogens with zero attached hydrogens (tertiary/aromatic N) is 6. The Balaban J connectivity index is 1.22. The van der Waals surface area contributed by atoms with Gasteiger partial charge in [0.15, 0.2) is 0 Å². The lowest BCUT2D eigenvalue weighted by Crippen LogP contribution is -2.00. The van der Waals surface area contributed by atoms with E-state index in [2.05, 4.69) is 92.8 Å².